The summed E-state index contributed by atoms with van der Waals surface area (Å²) in [5.74, 6) is -0.0241. The first-order valence-electron chi connectivity index (χ1n) is 8.12. The van der Waals surface area contributed by atoms with Gasteiger partial charge in [-0.1, -0.05) is 32.0 Å². The van der Waals surface area contributed by atoms with Crippen molar-refractivity contribution in [2.45, 2.75) is 13.8 Å². The van der Waals surface area contributed by atoms with Gasteiger partial charge >= 0.3 is 0 Å². The minimum atomic E-state index is -0.145. The molecule has 0 spiro atoms. The van der Waals surface area contributed by atoms with Crippen LogP contribution in [0.3, 0.4) is 0 Å². The van der Waals surface area contributed by atoms with Crippen molar-refractivity contribution in [3.63, 3.8) is 0 Å². The molecule has 0 saturated carbocycles. The molecule has 0 radical (unpaired) electrons. The lowest BCUT2D eigenvalue weighted by molar-refractivity contribution is -0.135. The quantitative estimate of drug-likeness (QED) is 0.849. The highest BCUT2D eigenvalue weighted by atomic mass is 16.2. The molecule has 0 bridgehead atoms. The molecule has 2 heterocycles. The summed E-state index contributed by atoms with van der Waals surface area (Å²) in [7, 11) is 0. The normalized spacial score (nSPS) is 15.0. The minimum Gasteiger partial charge on any atom is -0.339 e. The van der Waals surface area contributed by atoms with Gasteiger partial charge in [0.2, 0.25) is 5.91 Å². The van der Waals surface area contributed by atoms with Crippen molar-refractivity contribution in [2.24, 2.45) is 5.92 Å². The van der Waals surface area contributed by atoms with Crippen LogP contribution in [0.4, 0.5) is 0 Å². The van der Waals surface area contributed by atoms with Crippen LogP contribution < -0.4 is 0 Å². The molecule has 1 saturated heterocycles. The van der Waals surface area contributed by atoms with Gasteiger partial charge in [-0.25, -0.2) is 0 Å². The summed E-state index contributed by atoms with van der Waals surface area (Å²) in [4.78, 5) is 29.6. The number of nitrogens with zero attached hydrogens (tertiary/aromatic N) is 5. The van der Waals surface area contributed by atoms with E-state index in [-0.39, 0.29) is 17.7 Å². The van der Waals surface area contributed by atoms with Gasteiger partial charge in [0.25, 0.3) is 5.91 Å². The third-order valence-electron chi connectivity index (χ3n) is 4.07. The van der Waals surface area contributed by atoms with Crippen LogP contribution in [0.15, 0.2) is 36.5 Å². The molecule has 1 aliphatic rings. The van der Waals surface area contributed by atoms with Crippen LogP contribution in [0.1, 0.15) is 24.3 Å². The number of carbonyl (C=O) groups excluding carboxylic acids is 2. The molecule has 0 atom stereocenters. The predicted octanol–water partition coefficient (Wildman–Crippen LogP) is 1.21. The van der Waals surface area contributed by atoms with Gasteiger partial charge in [-0.15, -0.1) is 5.10 Å². The monoisotopic (exact) mass is 327 g/mol. The minimum absolute atomic E-state index is 0.0157. The Morgan fingerprint density at radius 3 is 2.25 bits per heavy atom. The number of para-hydroxylation sites is 1. The van der Waals surface area contributed by atoms with E-state index in [1.165, 1.54) is 11.0 Å². The van der Waals surface area contributed by atoms with Crippen LogP contribution in [0.2, 0.25) is 0 Å². The van der Waals surface area contributed by atoms with Crippen LogP contribution in [0.5, 0.6) is 0 Å². The number of rotatable bonds is 3. The van der Waals surface area contributed by atoms with Crippen molar-refractivity contribution in [1.82, 2.24) is 24.8 Å². The smallest absolute Gasteiger partial charge is 0.276 e. The van der Waals surface area contributed by atoms with E-state index in [1.54, 1.807) is 4.90 Å². The maximum absolute atomic E-state index is 12.6. The summed E-state index contributed by atoms with van der Waals surface area (Å²) >= 11 is 0. The zero-order chi connectivity index (χ0) is 17.1. The Bertz CT molecular complexity index is 718. The molecule has 7 heteroatoms. The molecule has 1 aromatic heterocycles. The second-order valence-electron chi connectivity index (χ2n) is 6.13. The average molecular weight is 327 g/mol. The number of amides is 2. The first kappa shape index (κ1) is 16.2. The zero-order valence-corrected chi connectivity index (χ0v) is 13.9. The third-order valence-corrected chi connectivity index (χ3v) is 4.07. The number of hydrogen-bond acceptors (Lipinski definition) is 4. The predicted molar refractivity (Wildman–Crippen MR) is 88.7 cm³/mol. The highest BCUT2D eigenvalue weighted by Gasteiger charge is 2.27. The van der Waals surface area contributed by atoms with Gasteiger partial charge in [0.15, 0.2) is 5.69 Å². The van der Waals surface area contributed by atoms with Crippen molar-refractivity contribution in [2.75, 3.05) is 26.2 Å². The molecular weight excluding hydrogens is 306 g/mol. The zero-order valence-electron chi connectivity index (χ0n) is 13.9. The van der Waals surface area contributed by atoms with E-state index >= 15 is 0 Å². The van der Waals surface area contributed by atoms with Crippen molar-refractivity contribution in [1.29, 1.82) is 0 Å². The number of piperazine rings is 1. The van der Waals surface area contributed by atoms with E-state index in [1.807, 2.05) is 49.1 Å². The molecule has 0 N–H and O–H groups in total. The third kappa shape index (κ3) is 3.29. The van der Waals surface area contributed by atoms with Gasteiger partial charge in [-0.3, -0.25) is 9.59 Å². The second kappa shape index (κ2) is 6.82. The molecule has 24 heavy (non-hydrogen) atoms. The van der Waals surface area contributed by atoms with Gasteiger partial charge in [-0.05, 0) is 12.1 Å². The molecule has 1 aromatic carbocycles. The van der Waals surface area contributed by atoms with Crippen molar-refractivity contribution >= 4 is 11.8 Å². The van der Waals surface area contributed by atoms with E-state index in [4.69, 9.17) is 0 Å². The van der Waals surface area contributed by atoms with Crippen LogP contribution in [0, 0.1) is 5.92 Å². The molecule has 3 rings (SSSR count). The van der Waals surface area contributed by atoms with E-state index in [2.05, 4.69) is 10.2 Å². The van der Waals surface area contributed by atoms with E-state index in [9.17, 15) is 9.59 Å². The lowest BCUT2D eigenvalue weighted by atomic mass is 10.1. The maximum atomic E-state index is 12.6. The summed E-state index contributed by atoms with van der Waals surface area (Å²) in [5, 5.41) is 8.43. The highest BCUT2D eigenvalue weighted by Crippen LogP contribution is 2.11. The van der Waals surface area contributed by atoms with Gasteiger partial charge < -0.3 is 9.80 Å². The van der Waals surface area contributed by atoms with Gasteiger partial charge in [0, 0.05) is 32.1 Å². The Labute approximate surface area is 140 Å². The molecule has 7 nitrogen and oxygen atoms in total. The van der Waals surface area contributed by atoms with Crippen LogP contribution >= 0.6 is 0 Å². The summed E-state index contributed by atoms with van der Waals surface area (Å²) in [6.07, 6.45) is 1.49. The summed E-state index contributed by atoms with van der Waals surface area (Å²) < 4.78 is 0. The van der Waals surface area contributed by atoms with Gasteiger partial charge in [0.1, 0.15) is 0 Å². The molecule has 0 aliphatic carbocycles. The second-order valence-corrected chi connectivity index (χ2v) is 6.13. The summed E-state index contributed by atoms with van der Waals surface area (Å²) in [6.45, 7) is 5.96. The molecule has 2 amide bonds. The average Bonchev–Trinajstić information content (AvgIpc) is 3.11. The Morgan fingerprint density at radius 2 is 1.62 bits per heavy atom. The van der Waals surface area contributed by atoms with Crippen LogP contribution in [-0.2, 0) is 4.79 Å². The standard InChI is InChI=1S/C17H21N5O2/c1-13(2)16(23)20-8-10-21(11-9-20)17(24)15-12-18-22(19-15)14-6-4-3-5-7-14/h3-7,12-13H,8-11H2,1-2H3. The Morgan fingerprint density at radius 1 is 1.00 bits per heavy atom. The highest BCUT2D eigenvalue weighted by molar-refractivity contribution is 5.92. The molecule has 2 aromatic rings. The molecule has 126 valence electrons. The van der Waals surface area contributed by atoms with Crippen LogP contribution in [-0.4, -0.2) is 62.8 Å². The number of aromatic nitrogens is 3. The Hall–Kier alpha value is -2.70. The fraction of sp³-hybridized carbons (Fsp3) is 0.412. The van der Waals surface area contributed by atoms with E-state index < -0.39 is 0 Å². The van der Waals surface area contributed by atoms with Crippen molar-refractivity contribution in [3.05, 3.63) is 42.2 Å². The summed E-state index contributed by atoms with van der Waals surface area (Å²) in [6, 6.07) is 9.46. The SMILES string of the molecule is CC(C)C(=O)N1CCN(C(=O)c2cnn(-c3ccccc3)n2)CC1. The lowest BCUT2D eigenvalue weighted by Crippen LogP contribution is -2.51. The van der Waals surface area contributed by atoms with Gasteiger partial charge in [0.05, 0.1) is 11.9 Å². The van der Waals surface area contributed by atoms with Crippen molar-refractivity contribution < 1.29 is 9.59 Å². The first-order valence-corrected chi connectivity index (χ1v) is 8.12. The fourth-order valence-corrected chi connectivity index (χ4v) is 2.70. The lowest BCUT2D eigenvalue weighted by Gasteiger charge is -2.35. The maximum Gasteiger partial charge on any atom is 0.276 e. The number of carbonyl (C=O) groups is 2. The Kier molecular flexibility index (Phi) is 4.59. The van der Waals surface area contributed by atoms with E-state index in [0.29, 0.717) is 31.9 Å². The first-order chi connectivity index (χ1) is 11.6. The largest absolute Gasteiger partial charge is 0.339 e. The molecule has 0 unspecified atom stereocenters. The fourth-order valence-electron chi connectivity index (χ4n) is 2.70. The van der Waals surface area contributed by atoms with E-state index in [0.717, 1.165) is 5.69 Å². The molecule has 1 aliphatic heterocycles. The Balaban J connectivity index is 1.64. The topological polar surface area (TPSA) is 71.3 Å². The number of benzene rings is 1. The number of hydrogen-bond donors (Lipinski definition) is 0. The van der Waals surface area contributed by atoms with Crippen molar-refractivity contribution in [3.8, 4) is 5.69 Å². The summed E-state index contributed by atoms with van der Waals surface area (Å²) in [5.41, 5.74) is 1.13. The van der Waals surface area contributed by atoms with Crippen LogP contribution in [0.25, 0.3) is 5.69 Å². The molecule has 1 fully saturated rings. The van der Waals surface area contributed by atoms with Gasteiger partial charge in [-0.2, -0.15) is 9.90 Å². The molecular formula is C17H21N5O2.